The Kier molecular flexibility index (Phi) is 9.60. The molecule has 0 saturated heterocycles. The first kappa shape index (κ1) is 28.9. The Morgan fingerprint density at radius 3 is 2.45 bits per heavy atom. The predicted octanol–water partition coefficient (Wildman–Crippen LogP) is 6.52. The van der Waals surface area contributed by atoms with E-state index in [0.717, 1.165) is 37.1 Å². The van der Waals surface area contributed by atoms with Crippen molar-refractivity contribution in [3.05, 3.63) is 88.7 Å². The summed E-state index contributed by atoms with van der Waals surface area (Å²) in [7, 11) is 0. The predicted molar refractivity (Wildman–Crippen MR) is 146 cm³/mol. The molecule has 1 amide bonds. The average molecular weight is 573 g/mol. The lowest BCUT2D eigenvalue weighted by atomic mass is 10.0. The smallest absolute Gasteiger partial charge is 0.416 e. The lowest BCUT2D eigenvalue weighted by Crippen LogP contribution is -2.27. The minimum absolute atomic E-state index is 0.00746. The molecule has 210 valence electrons. The third kappa shape index (κ3) is 7.95. The Bertz CT molecular complexity index is 1380. The molecular weight excluding hydrogens is 545 g/mol. The molecule has 1 heterocycles. The second kappa shape index (κ2) is 13.3. The lowest BCUT2D eigenvalue weighted by Gasteiger charge is -2.21. The molecule has 0 unspecified atom stereocenters. The van der Waals surface area contributed by atoms with Gasteiger partial charge in [-0.3, -0.25) is 4.79 Å². The van der Waals surface area contributed by atoms with Crippen LogP contribution >= 0.6 is 11.6 Å². The SMILES string of the molecule is CCCC[C@@H](COc1ccc(-c2ccc(C(F)(F)F)cc2)c(Cl)c1)Nc1ccc(C(=O)NCc2nnn[nH]2)cc1. The van der Waals surface area contributed by atoms with Crippen LogP contribution in [0.5, 0.6) is 5.75 Å². The van der Waals surface area contributed by atoms with Crippen LogP contribution in [-0.2, 0) is 12.7 Å². The highest BCUT2D eigenvalue weighted by molar-refractivity contribution is 6.33. The van der Waals surface area contributed by atoms with Gasteiger partial charge in [0.1, 0.15) is 12.4 Å². The molecule has 0 spiro atoms. The number of hydrogen-bond donors (Lipinski definition) is 3. The summed E-state index contributed by atoms with van der Waals surface area (Å²) in [6.45, 7) is 2.67. The summed E-state index contributed by atoms with van der Waals surface area (Å²) in [5.74, 6) is 0.768. The van der Waals surface area contributed by atoms with E-state index < -0.39 is 11.7 Å². The van der Waals surface area contributed by atoms with Crippen molar-refractivity contribution >= 4 is 23.2 Å². The maximum atomic E-state index is 12.9. The normalized spacial score (nSPS) is 12.1. The summed E-state index contributed by atoms with van der Waals surface area (Å²) in [5, 5.41) is 19.8. The Balaban J connectivity index is 1.35. The maximum absolute atomic E-state index is 12.9. The molecule has 0 fully saturated rings. The number of benzene rings is 3. The summed E-state index contributed by atoms with van der Waals surface area (Å²) >= 11 is 6.45. The third-order valence-electron chi connectivity index (χ3n) is 6.14. The number of H-pyrrole nitrogens is 1. The number of aromatic nitrogens is 4. The van der Waals surface area contributed by atoms with Gasteiger partial charge in [-0.05, 0) is 77.0 Å². The molecule has 0 saturated carbocycles. The van der Waals surface area contributed by atoms with Crippen molar-refractivity contribution in [1.29, 1.82) is 0 Å². The molecule has 4 aromatic rings. The van der Waals surface area contributed by atoms with Crippen LogP contribution in [0, 0.1) is 0 Å². The van der Waals surface area contributed by atoms with Crippen molar-refractivity contribution in [2.24, 2.45) is 0 Å². The molecular formula is C28H28ClF3N6O2. The number of amides is 1. The number of rotatable bonds is 12. The second-order valence-corrected chi connectivity index (χ2v) is 9.53. The first-order chi connectivity index (χ1) is 19.2. The van der Waals surface area contributed by atoms with E-state index in [1.165, 1.54) is 12.1 Å². The first-order valence-electron chi connectivity index (χ1n) is 12.7. The van der Waals surface area contributed by atoms with E-state index in [4.69, 9.17) is 16.3 Å². The van der Waals surface area contributed by atoms with Gasteiger partial charge in [-0.15, -0.1) is 5.10 Å². The van der Waals surface area contributed by atoms with Gasteiger partial charge in [0.15, 0.2) is 5.82 Å². The van der Waals surface area contributed by atoms with Crippen molar-refractivity contribution in [2.75, 3.05) is 11.9 Å². The number of aromatic amines is 1. The van der Waals surface area contributed by atoms with Gasteiger partial charge in [-0.2, -0.15) is 13.2 Å². The molecule has 40 heavy (non-hydrogen) atoms. The third-order valence-corrected chi connectivity index (χ3v) is 6.46. The maximum Gasteiger partial charge on any atom is 0.416 e. The highest BCUT2D eigenvalue weighted by atomic mass is 35.5. The molecule has 3 N–H and O–H groups in total. The Morgan fingerprint density at radius 1 is 1.07 bits per heavy atom. The minimum atomic E-state index is -4.39. The van der Waals surface area contributed by atoms with Gasteiger partial charge >= 0.3 is 6.18 Å². The number of tetrazole rings is 1. The number of carbonyl (C=O) groups is 1. The summed E-state index contributed by atoms with van der Waals surface area (Å²) in [4.78, 5) is 12.4. The molecule has 3 aromatic carbocycles. The first-order valence-corrected chi connectivity index (χ1v) is 13.1. The number of hydrogen-bond acceptors (Lipinski definition) is 6. The van der Waals surface area contributed by atoms with Gasteiger partial charge < -0.3 is 15.4 Å². The zero-order valence-corrected chi connectivity index (χ0v) is 22.4. The van der Waals surface area contributed by atoms with Gasteiger partial charge in [0.05, 0.1) is 23.2 Å². The summed E-state index contributed by atoms with van der Waals surface area (Å²) < 4.78 is 44.6. The monoisotopic (exact) mass is 572 g/mol. The fraction of sp³-hybridized carbons (Fsp3) is 0.286. The van der Waals surface area contributed by atoms with Crippen molar-refractivity contribution < 1.29 is 22.7 Å². The van der Waals surface area contributed by atoms with E-state index in [1.807, 2.05) is 12.1 Å². The molecule has 1 atom stereocenters. The van der Waals surface area contributed by atoms with Crippen molar-refractivity contribution in [3.63, 3.8) is 0 Å². The molecule has 0 aliphatic carbocycles. The van der Waals surface area contributed by atoms with Crippen LogP contribution in [0.15, 0.2) is 66.7 Å². The van der Waals surface area contributed by atoms with Crippen LogP contribution in [0.2, 0.25) is 5.02 Å². The number of unbranched alkanes of at least 4 members (excludes halogenated alkanes) is 1. The van der Waals surface area contributed by atoms with E-state index in [1.54, 1.807) is 30.3 Å². The summed E-state index contributed by atoms with van der Waals surface area (Å²) in [6, 6.07) is 17.1. The Hall–Kier alpha value is -4.12. The largest absolute Gasteiger partial charge is 0.491 e. The van der Waals surface area contributed by atoms with Crippen molar-refractivity contribution in [3.8, 4) is 16.9 Å². The van der Waals surface area contributed by atoms with Crippen LogP contribution in [0.1, 0.15) is 47.9 Å². The number of carbonyl (C=O) groups excluding carboxylic acids is 1. The summed E-state index contributed by atoms with van der Waals surface area (Å²) in [5.41, 5.74) is 1.83. The van der Waals surface area contributed by atoms with E-state index in [0.29, 0.717) is 39.9 Å². The highest BCUT2D eigenvalue weighted by Crippen LogP contribution is 2.34. The van der Waals surface area contributed by atoms with Crippen LogP contribution in [0.4, 0.5) is 18.9 Å². The Morgan fingerprint density at radius 2 is 1.82 bits per heavy atom. The highest BCUT2D eigenvalue weighted by Gasteiger charge is 2.30. The second-order valence-electron chi connectivity index (χ2n) is 9.12. The molecule has 4 rings (SSSR count). The number of alkyl halides is 3. The molecule has 8 nitrogen and oxygen atoms in total. The zero-order valence-electron chi connectivity index (χ0n) is 21.6. The number of anilines is 1. The number of ether oxygens (including phenoxy) is 1. The van der Waals surface area contributed by atoms with Crippen molar-refractivity contribution in [1.82, 2.24) is 25.9 Å². The van der Waals surface area contributed by atoms with E-state index >= 15 is 0 Å². The van der Waals surface area contributed by atoms with E-state index in [2.05, 4.69) is 38.2 Å². The molecule has 1 aromatic heterocycles. The molecule has 0 aliphatic heterocycles. The Labute approximate surface area is 234 Å². The van der Waals surface area contributed by atoms with E-state index in [9.17, 15) is 18.0 Å². The molecule has 0 bridgehead atoms. The molecule has 12 heteroatoms. The van der Waals surface area contributed by atoms with Gasteiger partial charge in [0.25, 0.3) is 5.91 Å². The fourth-order valence-electron chi connectivity index (χ4n) is 3.98. The molecule has 0 radical (unpaired) electrons. The van der Waals surface area contributed by atoms with Crippen LogP contribution in [0.3, 0.4) is 0 Å². The lowest BCUT2D eigenvalue weighted by molar-refractivity contribution is -0.137. The van der Waals surface area contributed by atoms with Gasteiger partial charge in [0.2, 0.25) is 0 Å². The topological polar surface area (TPSA) is 105 Å². The van der Waals surface area contributed by atoms with Crippen LogP contribution in [0.25, 0.3) is 11.1 Å². The number of halogens is 4. The number of nitrogens with one attached hydrogen (secondary N) is 3. The minimum Gasteiger partial charge on any atom is -0.491 e. The fourth-order valence-corrected chi connectivity index (χ4v) is 4.26. The van der Waals surface area contributed by atoms with Crippen LogP contribution in [-0.4, -0.2) is 39.2 Å². The zero-order chi connectivity index (χ0) is 28.5. The van der Waals surface area contributed by atoms with Gasteiger partial charge in [-0.1, -0.05) is 43.5 Å². The standard InChI is InChI=1S/C28H28ClF3N6O2/c1-2-3-4-22(34-21-11-7-19(8-12-21)27(39)33-16-26-35-37-38-36-26)17-40-23-13-14-24(25(29)15-23)18-5-9-20(10-6-18)28(30,31)32/h5-15,22,34H,2-4,16-17H2,1H3,(H,33,39)(H,35,36,37,38)/t22-/m0/s1. The van der Waals surface area contributed by atoms with Crippen LogP contribution < -0.4 is 15.4 Å². The molecule has 0 aliphatic rings. The summed E-state index contributed by atoms with van der Waals surface area (Å²) in [6.07, 6.45) is -1.52. The average Bonchev–Trinajstić information content (AvgIpc) is 3.47. The van der Waals surface area contributed by atoms with E-state index in [-0.39, 0.29) is 18.5 Å². The van der Waals surface area contributed by atoms with Crippen molar-refractivity contribution in [2.45, 2.75) is 44.9 Å². The number of nitrogens with zero attached hydrogens (tertiary/aromatic N) is 3. The van der Waals surface area contributed by atoms with Gasteiger partial charge in [-0.25, -0.2) is 5.10 Å². The quantitative estimate of drug-likeness (QED) is 0.178. The van der Waals surface area contributed by atoms with Gasteiger partial charge in [0, 0.05) is 16.8 Å².